The predicted octanol–water partition coefficient (Wildman–Crippen LogP) is 1.53. The molecule has 0 bridgehead atoms. The zero-order valence-electron chi connectivity index (χ0n) is 7.51. The van der Waals surface area contributed by atoms with Gasteiger partial charge in [0, 0.05) is 18.1 Å². The summed E-state index contributed by atoms with van der Waals surface area (Å²) in [5, 5.41) is 2.42. The summed E-state index contributed by atoms with van der Waals surface area (Å²) in [6, 6.07) is 2.37. The van der Waals surface area contributed by atoms with Crippen LogP contribution in [0.3, 0.4) is 0 Å². The fourth-order valence-corrected chi connectivity index (χ4v) is 2.33. The minimum absolute atomic E-state index is 0.675. The van der Waals surface area contributed by atoms with Gasteiger partial charge in [0.05, 0.1) is 0 Å². The highest BCUT2D eigenvalue weighted by Crippen LogP contribution is 2.30. The Labute approximate surface area is 68.9 Å². The molecule has 1 heterocycles. The highest BCUT2D eigenvalue weighted by atomic mass is 15.6. The van der Waals surface area contributed by atoms with E-state index in [1.807, 2.05) is 0 Å². The lowest BCUT2D eigenvalue weighted by Gasteiger charge is -2.53. The van der Waals surface area contributed by atoms with Gasteiger partial charge in [-0.05, 0) is 26.7 Å². The molecular formula is C9H18N2. The van der Waals surface area contributed by atoms with Crippen LogP contribution in [0.5, 0.6) is 0 Å². The van der Waals surface area contributed by atoms with Crippen LogP contribution in [0.15, 0.2) is 0 Å². The van der Waals surface area contributed by atoms with E-state index in [0.29, 0.717) is 6.04 Å². The Morgan fingerprint density at radius 3 is 2.64 bits per heavy atom. The van der Waals surface area contributed by atoms with Crippen molar-refractivity contribution in [2.45, 2.75) is 57.7 Å². The number of nitrogens with zero attached hydrogens (tertiary/aromatic N) is 1. The van der Waals surface area contributed by atoms with Gasteiger partial charge in [0.1, 0.15) is 0 Å². The van der Waals surface area contributed by atoms with Crippen molar-refractivity contribution in [2.24, 2.45) is 0 Å². The number of nitrogens with one attached hydrogen (secondary N) is 1. The summed E-state index contributed by atoms with van der Waals surface area (Å²) in [4.78, 5) is 0. The molecule has 2 rings (SSSR count). The van der Waals surface area contributed by atoms with Crippen LogP contribution in [0.1, 0.15) is 39.5 Å². The van der Waals surface area contributed by atoms with E-state index in [-0.39, 0.29) is 0 Å². The lowest BCUT2D eigenvalue weighted by molar-refractivity contribution is -0.0769. The molecule has 0 aromatic heterocycles. The molecule has 2 unspecified atom stereocenters. The van der Waals surface area contributed by atoms with Crippen LogP contribution in [0.4, 0.5) is 0 Å². The first-order chi connectivity index (χ1) is 5.29. The second-order valence-corrected chi connectivity index (χ2v) is 4.09. The van der Waals surface area contributed by atoms with E-state index in [1.165, 1.54) is 25.7 Å². The molecule has 0 aromatic carbocycles. The molecule has 0 amide bonds. The summed E-state index contributed by atoms with van der Waals surface area (Å²) in [5.74, 6) is 0. The topological polar surface area (TPSA) is 15.3 Å². The van der Waals surface area contributed by atoms with Gasteiger partial charge in [-0.3, -0.25) is 0 Å². The lowest BCUT2D eigenvalue weighted by atomic mass is 9.86. The number of hydrogen-bond acceptors (Lipinski definition) is 2. The van der Waals surface area contributed by atoms with Crippen molar-refractivity contribution >= 4 is 0 Å². The van der Waals surface area contributed by atoms with Crippen molar-refractivity contribution in [3.63, 3.8) is 0 Å². The summed E-state index contributed by atoms with van der Waals surface area (Å²) in [6.45, 7) is 4.52. The van der Waals surface area contributed by atoms with Crippen LogP contribution in [0.25, 0.3) is 0 Å². The molecule has 2 aliphatic rings. The fourth-order valence-electron chi connectivity index (χ4n) is 2.33. The first-order valence-corrected chi connectivity index (χ1v) is 4.83. The van der Waals surface area contributed by atoms with Gasteiger partial charge in [0.2, 0.25) is 0 Å². The Kier molecular flexibility index (Phi) is 1.90. The largest absolute Gasteiger partial charge is 0.250 e. The second kappa shape index (κ2) is 2.76. The molecule has 0 radical (unpaired) electrons. The minimum Gasteiger partial charge on any atom is -0.250 e. The molecule has 2 nitrogen and oxygen atoms in total. The van der Waals surface area contributed by atoms with Crippen molar-refractivity contribution in [1.29, 1.82) is 0 Å². The number of hydrazine groups is 1. The van der Waals surface area contributed by atoms with E-state index in [4.69, 9.17) is 0 Å². The van der Waals surface area contributed by atoms with Gasteiger partial charge in [-0.1, -0.05) is 12.8 Å². The van der Waals surface area contributed by atoms with E-state index in [1.54, 1.807) is 0 Å². The molecule has 1 N–H and O–H groups in total. The molecule has 64 valence electrons. The maximum atomic E-state index is 3.51. The molecule has 1 saturated heterocycles. The minimum atomic E-state index is 0.675. The Hall–Kier alpha value is -0.0800. The average Bonchev–Trinajstić information content (AvgIpc) is 1.90. The first kappa shape index (κ1) is 7.56. The molecule has 1 saturated carbocycles. The van der Waals surface area contributed by atoms with E-state index in [9.17, 15) is 0 Å². The third kappa shape index (κ3) is 1.18. The molecule has 11 heavy (non-hydrogen) atoms. The second-order valence-electron chi connectivity index (χ2n) is 4.09. The number of hydrogen-bond donors (Lipinski definition) is 1. The number of fused-ring (bicyclic) bond motifs is 1. The van der Waals surface area contributed by atoms with Gasteiger partial charge in [-0.2, -0.15) is 0 Å². The van der Waals surface area contributed by atoms with Crippen molar-refractivity contribution < 1.29 is 0 Å². The summed E-state index contributed by atoms with van der Waals surface area (Å²) >= 11 is 0. The zero-order valence-corrected chi connectivity index (χ0v) is 7.51. The molecule has 2 heteroatoms. The van der Waals surface area contributed by atoms with Gasteiger partial charge >= 0.3 is 0 Å². The van der Waals surface area contributed by atoms with Crippen molar-refractivity contribution in [1.82, 2.24) is 10.4 Å². The SMILES string of the molecule is CC(C)N1NC2CCCCC21. The zero-order chi connectivity index (χ0) is 7.84. The molecular weight excluding hydrogens is 136 g/mol. The van der Waals surface area contributed by atoms with Crippen LogP contribution in [-0.2, 0) is 0 Å². The van der Waals surface area contributed by atoms with E-state index in [0.717, 1.165) is 12.1 Å². The Bertz CT molecular complexity index is 144. The van der Waals surface area contributed by atoms with Crippen LogP contribution in [0, 0.1) is 0 Å². The van der Waals surface area contributed by atoms with E-state index >= 15 is 0 Å². The third-order valence-corrected chi connectivity index (χ3v) is 2.96. The highest BCUT2D eigenvalue weighted by molar-refractivity contribution is 4.95. The summed E-state index contributed by atoms with van der Waals surface area (Å²) in [6.07, 6.45) is 5.68. The van der Waals surface area contributed by atoms with Gasteiger partial charge in [-0.15, -0.1) is 0 Å². The maximum Gasteiger partial charge on any atom is 0.0413 e. The van der Waals surface area contributed by atoms with Crippen molar-refractivity contribution in [3.05, 3.63) is 0 Å². The van der Waals surface area contributed by atoms with Crippen LogP contribution in [0.2, 0.25) is 0 Å². The van der Waals surface area contributed by atoms with Gasteiger partial charge in [-0.25, -0.2) is 10.4 Å². The normalized spacial score (nSPS) is 38.5. The quantitative estimate of drug-likeness (QED) is 0.616. The molecule has 2 atom stereocenters. The predicted molar refractivity (Wildman–Crippen MR) is 46.2 cm³/mol. The standard InChI is InChI=1S/C9H18N2/c1-7(2)11-9-6-4-3-5-8(9)10-11/h7-10H,3-6H2,1-2H3. The Morgan fingerprint density at radius 1 is 1.27 bits per heavy atom. The molecule has 1 aliphatic carbocycles. The smallest absolute Gasteiger partial charge is 0.0413 e. The monoisotopic (exact) mass is 154 g/mol. The van der Waals surface area contributed by atoms with Crippen molar-refractivity contribution in [2.75, 3.05) is 0 Å². The summed E-state index contributed by atoms with van der Waals surface area (Å²) < 4.78 is 0. The summed E-state index contributed by atoms with van der Waals surface area (Å²) in [7, 11) is 0. The Morgan fingerprint density at radius 2 is 2.00 bits per heavy atom. The van der Waals surface area contributed by atoms with Gasteiger partial charge in [0.15, 0.2) is 0 Å². The first-order valence-electron chi connectivity index (χ1n) is 4.83. The van der Waals surface area contributed by atoms with Crippen molar-refractivity contribution in [3.8, 4) is 0 Å². The van der Waals surface area contributed by atoms with E-state index < -0.39 is 0 Å². The highest BCUT2D eigenvalue weighted by Gasteiger charge is 2.40. The summed E-state index contributed by atoms with van der Waals surface area (Å²) in [5.41, 5.74) is 3.51. The van der Waals surface area contributed by atoms with Crippen LogP contribution >= 0.6 is 0 Å². The maximum absolute atomic E-state index is 3.51. The average molecular weight is 154 g/mol. The Balaban J connectivity index is 1.91. The third-order valence-electron chi connectivity index (χ3n) is 2.96. The molecule has 1 aliphatic heterocycles. The lowest BCUT2D eigenvalue weighted by Crippen LogP contribution is -2.72. The van der Waals surface area contributed by atoms with Gasteiger partial charge in [0.25, 0.3) is 0 Å². The molecule has 0 aromatic rings. The van der Waals surface area contributed by atoms with Crippen LogP contribution < -0.4 is 5.43 Å². The fraction of sp³-hybridized carbons (Fsp3) is 1.00. The molecule has 2 fully saturated rings. The molecule has 0 spiro atoms. The van der Waals surface area contributed by atoms with Gasteiger partial charge < -0.3 is 0 Å². The van der Waals surface area contributed by atoms with Crippen LogP contribution in [-0.4, -0.2) is 23.1 Å². The van der Waals surface area contributed by atoms with E-state index in [2.05, 4.69) is 24.3 Å². The number of rotatable bonds is 1.